The highest BCUT2D eigenvalue weighted by Crippen LogP contribution is 2.29. The molecule has 0 unspecified atom stereocenters. The Bertz CT molecular complexity index is 772. The van der Waals surface area contributed by atoms with Crippen LogP contribution < -0.4 is 14.8 Å². The zero-order valence-corrected chi connectivity index (χ0v) is 15.3. The molecule has 2 rings (SSSR count). The molecule has 0 aliphatic carbocycles. The summed E-state index contributed by atoms with van der Waals surface area (Å²) in [5, 5.41) is 2.78. The van der Waals surface area contributed by atoms with Gasteiger partial charge in [-0.1, -0.05) is 18.2 Å². The predicted octanol–water partition coefficient (Wildman–Crippen LogP) is 3.99. The van der Waals surface area contributed by atoms with Crippen molar-refractivity contribution in [2.24, 2.45) is 0 Å². The first kappa shape index (κ1) is 19.5. The Hall–Kier alpha value is -2.82. The van der Waals surface area contributed by atoms with Gasteiger partial charge in [-0.05, 0) is 61.7 Å². The van der Waals surface area contributed by atoms with Gasteiger partial charge >= 0.3 is 0 Å². The maximum absolute atomic E-state index is 13.1. The first-order valence-corrected chi connectivity index (χ1v) is 8.53. The molecule has 4 nitrogen and oxygen atoms in total. The Morgan fingerprint density at radius 2 is 2.00 bits per heavy atom. The number of halogens is 1. The highest BCUT2D eigenvalue weighted by Gasteiger charge is 2.06. The molecule has 0 saturated carbocycles. The fraction of sp³-hybridized carbons (Fsp3) is 0.286. The Balaban J connectivity index is 1.88. The van der Waals surface area contributed by atoms with E-state index in [-0.39, 0.29) is 17.8 Å². The van der Waals surface area contributed by atoms with E-state index in [1.165, 1.54) is 18.2 Å². The van der Waals surface area contributed by atoms with Gasteiger partial charge in [0.2, 0.25) is 5.91 Å². The molecule has 0 radical (unpaired) electrons. The fourth-order valence-electron chi connectivity index (χ4n) is 2.39. The van der Waals surface area contributed by atoms with Gasteiger partial charge in [0.25, 0.3) is 0 Å². The normalized spacial score (nSPS) is 11.0. The maximum atomic E-state index is 13.1. The lowest BCUT2D eigenvalue weighted by Gasteiger charge is -2.13. The standard InChI is InChI=1S/C21H24FNO3/c1-15(2)26-19-9-7-17(14-20(19)25-3)8-10-21(24)23-12-11-16-5-4-6-18(22)13-16/h4-10,13-15H,11-12H2,1-3H3,(H,23,24)/b10-8+. The van der Waals surface area contributed by atoms with Gasteiger partial charge in [0.05, 0.1) is 13.2 Å². The van der Waals surface area contributed by atoms with Crippen LogP contribution in [0.15, 0.2) is 48.5 Å². The monoisotopic (exact) mass is 357 g/mol. The summed E-state index contributed by atoms with van der Waals surface area (Å²) >= 11 is 0. The number of carbonyl (C=O) groups excluding carboxylic acids is 1. The van der Waals surface area contributed by atoms with Crippen LogP contribution >= 0.6 is 0 Å². The number of nitrogens with one attached hydrogen (secondary N) is 1. The topological polar surface area (TPSA) is 47.6 Å². The van der Waals surface area contributed by atoms with Crippen molar-refractivity contribution in [1.82, 2.24) is 5.32 Å². The summed E-state index contributed by atoms with van der Waals surface area (Å²) in [5.74, 6) is 0.807. The lowest BCUT2D eigenvalue weighted by atomic mass is 10.1. The second-order valence-corrected chi connectivity index (χ2v) is 6.08. The van der Waals surface area contributed by atoms with Gasteiger partial charge in [0.1, 0.15) is 5.82 Å². The lowest BCUT2D eigenvalue weighted by Crippen LogP contribution is -2.23. The van der Waals surface area contributed by atoms with Gasteiger partial charge in [0.15, 0.2) is 11.5 Å². The van der Waals surface area contributed by atoms with Crippen molar-refractivity contribution in [2.45, 2.75) is 26.4 Å². The maximum Gasteiger partial charge on any atom is 0.244 e. The van der Waals surface area contributed by atoms with Crippen LogP contribution in [0.2, 0.25) is 0 Å². The molecule has 26 heavy (non-hydrogen) atoms. The second kappa shape index (κ2) is 9.61. The van der Waals surface area contributed by atoms with E-state index < -0.39 is 0 Å². The minimum Gasteiger partial charge on any atom is -0.493 e. The van der Waals surface area contributed by atoms with Crippen LogP contribution in [0.5, 0.6) is 11.5 Å². The number of benzene rings is 2. The highest BCUT2D eigenvalue weighted by atomic mass is 19.1. The molecule has 5 heteroatoms. The molecule has 0 atom stereocenters. The Morgan fingerprint density at radius 3 is 2.69 bits per heavy atom. The average Bonchev–Trinajstić information content (AvgIpc) is 2.60. The quantitative estimate of drug-likeness (QED) is 0.727. The number of methoxy groups -OCH3 is 1. The summed E-state index contributed by atoms with van der Waals surface area (Å²) in [4.78, 5) is 11.9. The van der Waals surface area contributed by atoms with Crippen molar-refractivity contribution < 1.29 is 18.7 Å². The van der Waals surface area contributed by atoms with E-state index in [9.17, 15) is 9.18 Å². The van der Waals surface area contributed by atoms with Crippen LogP contribution in [0.4, 0.5) is 4.39 Å². The van der Waals surface area contributed by atoms with Crippen LogP contribution in [0, 0.1) is 5.82 Å². The van der Waals surface area contributed by atoms with E-state index in [1.807, 2.05) is 38.1 Å². The smallest absolute Gasteiger partial charge is 0.244 e. The van der Waals surface area contributed by atoms with Gasteiger partial charge in [-0.2, -0.15) is 0 Å². The van der Waals surface area contributed by atoms with Crippen molar-refractivity contribution >= 4 is 12.0 Å². The summed E-state index contributed by atoms with van der Waals surface area (Å²) in [5.41, 5.74) is 1.68. The molecule has 0 heterocycles. The SMILES string of the molecule is COc1cc(/C=C/C(=O)NCCc2cccc(F)c2)ccc1OC(C)C. The summed E-state index contributed by atoms with van der Waals surface area (Å²) in [6, 6.07) is 11.8. The summed E-state index contributed by atoms with van der Waals surface area (Å²) in [6.07, 6.45) is 3.80. The molecule has 138 valence electrons. The highest BCUT2D eigenvalue weighted by molar-refractivity contribution is 5.91. The molecule has 1 amide bonds. The summed E-state index contributed by atoms with van der Waals surface area (Å²) in [6.45, 7) is 4.33. The van der Waals surface area contributed by atoms with Gasteiger partial charge in [-0.3, -0.25) is 4.79 Å². The average molecular weight is 357 g/mol. The van der Waals surface area contributed by atoms with E-state index in [4.69, 9.17) is 9.47 Å². The Labute approximate surface area is 153 Å². The van der Waals surface area contributed by atoms with E-state index >= 15 is 0 Å². The minimum absolute atomic E-state index is 0.0501. The molecule has 0 aliphatic heterocycles. The molecular weight excluding hydrogens is 333 g/mol. The van der Waals surface area contributed by atoms with Gasteiger partial charge < -0.3 is 14.8 Å². The van der Waals surface area contributed by atoms with Crippen LogP contribution in [0.3, 0.4) is 0 Å². The van der Waals surface area contributed by atoms with Crippen LogP contribution in [-0.2, 0) is 11.2 Å². The molecule has 0 aliphatic rings. The molecule has 2 aromatic carbocycles. The molecule has 1 N–H and O–H groups in total. The van der Waals surface area contributed by atoms with E-state index in [1.54, 1.807) is 19.3 Å². The predicted molar refractivity (Wildman–Crippen MR) is 101 cm³/mol. The first-order chi connectivity index (χ1) is 12.5. The van der Waals surface area contributed by atoms with E-state index in [0.29, 0.717) is 24.5 Å². The number of rotatable bonds is 8. The molecule has 2 aromatic rings. The molecule has 0 saturated heterocycles. The zero-order chi connectivity index (χ0) is 18.9. The van der Waals surface area contributed by atoms with Crippen molar-refractivity contribution in [2.75, 3.05) is 13.7 Å². The fourth-order valence-corrected chi connectivity index (χ4v) is 2.39. The number of hydrogen-bond donors (Lipinski definition) is 1. The van der Waals surface area contributed by atoms with E-state index in [0.717, 1.165) is 11.1 Å². The number of hydrogen-bond acceptors (Lipinski definition) is 3. The third-order valence-electron chi connectivity index (χ3n) is 3.58. The van der Waals surface area contributed by atoms with Gasteiger partial charge in [-0.15, -0.1) is 0 Å². The molecular formula is C21H24FNO3. The number of ether oxygens (including phenoxy) is 2. The molecule has 0 bridgehead atoms. The van der Waals surface area contributed by atoms with Crippen molar-refractivity contribution in [1.29, 1.82) is 0 Å². The third kappa shape index (κ3) is 6.24. The van der Waals surface area contributed by atoms with Crippen LogP contribution in [0.1, 0.15) is 25.0 Å². The summed E-state index contributed by atoms with van der Waals surface area (Å²) in [7, 11) is 1.58. The van der Waals surface area contributed by atoms with Crippen LogP contribution in [0.25, 0.3) is 6.08 Å². The number of carbonyl (C=O) groups is 1. The third-order valence-corrected chi connectivity index (χ3v) is 3.58. The minimum atomic E-state index is -0.271. The van der Waals surface area contributed by atoms with E-state index in [2.05, 4.69) is 5.32 Å². The van der Waals surface area contributed by atoms with Crippen molar-refractivity contribution in [3.05, 3.63) is 65.5 Å². The summed E-state index contributed by atoms with van der Waals surface area (Å²) < 4.78 is 24.1. The second-order valence-electron chi connectivity index (χ2n) is 6.08. The van der Waals surface area contributed by atoms with Crippen molar-refractivity contribution in [3.63, 3.8) is 0 Å². The molecule has 0 fully saturated rings. The number of amides is 1. The Kier molecular flexibility index (Phi) is 7.21. The Morgan fingerprint density at radius 1 is 1.19 bits per heavy atom. The molecule has 0 spiro atoms. The van der Waals surface area contributed by atoms with Gasteiger partial charge in [-0.25, -0.2) is 4.39 Å². The largest absolute Gasteiger partial charge is 0.493 e. The van der Waals surface area contributed by atoms with Crippen molar-refractivity contribution in [3.8, 4) is 11.5 Å². The van der Waals surface area contributed by atoms with Crippen LogP contribution in [-0.4, -0.2) is 25.7 Å². The lowest BCUT2D eigenvalue weighted by molar-refractivity contribution is -0.116. The molecule has 0 aromatic heterocycles. The first-order valence-electron chi connectivity index (χ1n) is 8.53. The zero-order valence-electron chi connectivity index (χ0n) is 15.3. The van der Waals surface area contributed by atoms with Gasteiger partial charge in [0, 0.05) is 12.6 Å².